The Bertz CT molecular complexity index is 283. The van der Waals surface area contributed by atoms with Gasteiger partial charge in [0.1, 0.15) is 5.54 Å². The molecule has 1 saturated carbocycles. The molecule has 17 heavy (non-hydrogen) atoms. The van der Waals surface area contributed by atoms with Gasteiger partial charge in [-0.1, -0.05) is 19.3 Å². The summed E-state index contributed by atoms with van der Waals surface area (Å²) in [5.74, 6) is -0.00953. The molecule has 0 aromatic rings. The second-order valence-corrected chi connectivity index (χ2v) is 5.87. The third-order valence-corrected chi connectivity index (χ3v) is 4.57. The molecular formula is C13H24N2O2. The van der Waals surface area contributed by atoms with E-state index >= 15 is 0 Å². The van der Waals surface area contributed by atoms with E-state index in [2.05, 4.69) is 16.8 Å². The number of hydrogen-bond donors (Lipinski definition) is 1. The van der Waals surface area contributed by atoms with Gasteiger partial charge in [0, 0.05) is 26.2 Å². The molecule has 4 heteroatoms. The monoisotopic (exact) mass is 240 g/mol. The van der Waals surface area contributed by atoms with Gasteiger partial charge < -0.3 is 10.0 Å². The summed E-state index contributed by atoms with van der Waals surface area (Å²) in [6, 6.07) is 0. The van der Waals surface area contributed by atoms with Gasteiger partial charge in [-0.25, -0.2) is 0 Å². The van der Waals surface area contributed by atoms with Gasteiger partial charge in [0.2, 0.25) is 0 Å². The van der Waals surface area contributed by atoms with Crippen LogP contribution in [0.3, 0.4) is 0 Å². The van der Waals surface area contributed by atoms with E-state index in [0.29, 0.717) is 5.92 Å². The Morgan fingerprint density at radius 1 is 1.29 bits per heavy atom. The van der Waals surface area contributed by atoms with Crippen molar-refractivity contribution in [3.8, 4) is 0 Å². The molecule has 1 atom stereocenters. The third kappa shape index (κ3) is 2.63. The maximum Gasteiger partial charge on any atom is 0.323 e. The van der Waals surface area contributed by atoms with Crippen molar-refractivity contribution in [2.75, 3.05) is 33.2 Å². The summed E-state index contributed by atoms with van der Waals surface area (Å²) >= 11 is 0. The molecule has 2 aliphatic rings. The van der Waals surface area contributed by atoms with Crippen molar-refractivity contribution in [3.63, 3.8) is 0 Å². The second-order valence-electron chi connectivity index (χ2n) is 5.87. The van der Waals surface area contributed by atoms with Crippen LogP contribution in [-0.4, -0.2) is 59.6 Å². The lowest BCUT2D eigenvalue weighted by molar-refractivity contribution is -0.153. The quantitative estimate of drug-likeness (QED) is 0.803. The Morgan fingerprint density at radius 3 is 2.29 bits per heavy atom. The number of piperazine rings is 1. The molecule has 1 saturated heterocycles. The van der Waals surface area contributed by atoms with Crippen molar-refractivity contribution >= 4 is 5.97 Å². The minimum atomic E-state index is -0.646. The fourth-order valence-corrected chi connectivity index (χ4v) is 2.91. The predicted octanol–water partition coefficient (Wildman–Crippen LogP) is 1.27. The normalized spacial score (nSPS) is 27.4. The molecule has 0 amide bonds. The van der Waals surface area contributed by atoms with Crippen LogP contribution in [0.4, 0.5) is 0 Å². The molecule has 98 valence electrons. The highest BCUT2D eigenvalue weighted by atomic mass is 16.4. The molecule has 2 rings (SSSR count). The van der Waals surface area contributed by atoms with Crippen LogP contribution in [-0.2, 0) is 4.79 Å². The number of nitrogens with zero attached hydrogens (tertiary/aromatic N) is 2. The molecule has 1 aliphatic carbocycles. The molecule has 0 spiro atoms. The number of carboxylic acids is 1. The van der Waals surface area contributed by atoms with Crippen molar-refractivity contribution in [2.24, 2.45) is 5.92 Å². The van der Waals surface area contributed by atoms with Crippen LogP contribution in [0.25, 0.3) is 0 Å². The maximum atomic E-state index is 11.6. The Morgan fingerprint density at radius 2 is 1.88 bits per heavy atom. The highest BCUT2D eigenvalue weighted by Gasteiger charge is 2.43. The van der Waals surface area contributed by atoms with Crippen LogP contribution >= 0.6 is 0 Å². The summed E-state index contributed by atoms with van der Waals surface area (Å²) in [5, 5.41) is 9.56. The molecule has 0 bridgehead atoms. The lowest BCUT2D eigenvalue weighted by Crippen LogP contribution is -2.59. The fraction of sp³-hybridized carbons (Fsp3) is 0.923. The molecule has 1 unspecified atom stereocenters. The highest BCUT2D eigenvalue weighted by Crippen LogP contribution is 2.36. The van der Waals surface area contributed by atoms with Crippen molar-refractivity contribution in [2.45, 2.75) is 38.1 Å². The number of rotatable bonds is 4. The molecule has 0 aromatic heterocycles. The molecule has 1 heterocycles. The highest BCUT2D eigenvalue weighted by molar-refractivity contribution is 5.78. The first-order chi connectivity index (χ1) is 8.02. The first-order valence-electron chi connectivity index (χ1n) is 6.69. The smallest absolute Gasteiger partial charge is 0.323 e. The Balaban J connectivity index is 2.01. The summed E-state index contributed by atoms with van der Waals surface area (Å²) < 4.78 is 0. The summed E-state index contributed by atoms with van der Waals surface area (Å²) in [6.45, 7) is 5.64. The van der Waals surface area contributed by atoms with Crippen LogP contribution in [0.1, 0.15) is 32.6 Å². The second kappa shape index (κ2) is 4.94. The lowest BCUT2D eigenvalue weighted by atomic mass is 9.75. The zero-order valence-corrected chi connectivity index (χ0v) is 11.0. The van der Waals surface area contributed by atoms with Gasteiger partial charge in [-0.2, -0.15) is 0 Å². The molecule has 0 aromatic carbocycles. The van der Waals surface area contributed by atoms with E-state index < -0.39 is 11.5 Å². The molecule has 1 aliphatic heterocycles. The number of carbonyl (C=O) groups is 1. The molecule has 4 nitrogen and oxygen atoms in total. The number of likely N-dealkylation sites (N-methyl/N-ethyl adjacent to an activating group) is 1. The van der Waals surface area contributed by atoms with Gasteiger partial charge in [0.05, 0.1) is 0 Å². The topological polar surface area (TPSA) is 43.8 Å². The van der Waals surface area contributed by atoms with E-state index in [9.17, 15) is 9.90 Å². The van der Waals surface area contributed by atoms with E-state index in [1.165, 1.54) is 19.3 Å². The number of carboxylic acid groups (broad SMARTS) is 1. The van der Waals surface area contributed by atoms with Crippen LogP contribution in [0.2, 0.25) is 0 Å². The minimum Gasteiger partial charge on any atom is -0.480 e. The van der Waals surface area contributed by atoms with Crippen LogP contribution < -0.4 is 0 Å². The first kappa shape index (κ1) is 12.8. The Hall–Kier alpha value is -0.610. The zero-order chi connectivity index (χ0) is 12.5. The fourth-order valence-electron chi connectivity index (χ4n) is 2.91. The summed E-state index contributed by atoms with van der Waals surface area (Å²) in [7, 11) is 2.10. The average molecular weight is 240 g/mol. The lowest BCUT2D eigenvalue weighted by Gasteiger charge is -2.45. The van der Waals surface area contributed by atoms with Crippen molar-refractivity contribution < 1.29 is 9.90 Å². The van der Waals surface area contributed by atoms with Crippen LogP contribution in [0.15, 0.2) is 0 Å². The van der Waals surface area contributed by atoms with Gasteiger partial charge in [-0.15, -0.1) is 0 Å². The summed E-state index contributed by atoms with van der Waals surface area (Å²) in [5.41, 5.74) is -0.646. The first-order valence-corrected chi connectivity index (χ1v) is 6.69. The van der Waals surface area contributed by atoms with Gasteiger partial charge >= 0.3 is 5.97 Å². The maximum absolute atomic E-state index is 11.6. The largest absolute Gasteiger partial charge is 0.480 e. The predicted molar refractivity (Wildman–Crippen MR) is 67.1 cm³/mol. The summed E-state index contributed by atoms with van der Waals surface area (Å²) in [6.07, 6.45) is 4.54. The van der Waals surface area contributed by atoms with Crippen LogP contribution in [0.5, 0.6) is 0 Å². The van der Waals surface area contributed by atoms with E-state index in [1.54, 1.807) is 0 Å². The van der Waals surface area contributed by atoms with Gasteiger partial charge in [-0.3, -0.25) is 9.69 Å². The van der Waals surface area contributed by atoms with Crippen molar-refractivity contribution in [1.82, 2.24) is 9.80 Å². The standard InChI is InChI=1S/C13H24N2O2/c1-13(12(16)17,10-11-4-3-5-11)15-8-6-14(2)7-9-15/h11H,3-10H2,1-2H3,(H,16,17). The van der Waals surface area contributed by atoms with Gasteiger partial charge in [-0.05, 0) is 26.3 Å². The minimum absolute atomic E-state index is 0.635. The summed E-state index contributed by atoms with van der Waals surface area (Å²) in [4.78, 5) is 16.1. The van der Waals surface area contributed by atoms with Crippen LogP contribution in [0, 0.1) is 5.92 Å². The van der Waals surface area contributed by atoms with E-state index in [0.717, 1.165) is 32.6 Å². The van der Waals surface area contributed by atoms with Gasteiger partial charge in [0.15, 0.2) is 0 Å². The number of aliphatic carboxylic acids is 1. The Kier molecular flexibility index (Phi) is 3.73. The molecule has 1 N–H and O–H groups in total. The van der Waals surface area contributed by atoms with E-state index in [1.807, 2.05) is 6.92 Å². The van der Waals surface area contributed by atoms with Crippen molar-refractivity contribution in [1.29, 1.82) is 0 Å². The molecular weight excluding hydrogens is 216 g/mol. The Labute approximate surface area is 104 Å². The zero-order valence-electron chi connectivity index (χ0n) is 11.0. The average Bonchev–Trinajstić information content (AvgIpc) is 2.24. The van der Waals surface area contributed by atoms with Crippen molar-refractivity contribution in [3.05, 3.63) is 0 Å². The van der Waals surface area contributed by atoms with E-state index in [4.69, 9.17) is 0 Å². The molecule has 0 radical (unpaired) electrons. The van der Waals surface area contributed by atoms with E-state index in [-0.39, 0.29) is 0 Å². The molecule has 2 fully saturated rings. The number of hydrogen-bond acceptors (Lipinski definition) is 3. The third-order valence-electron chi connectivity index (χ3n) is 4.57. The van der Waals surface area contributed by atoms with Gasteiger partial charge in [0.25, 0.3) is 0 Å². The SMILES string of the molecule is CN1CCN(C(C)(CC2CCC2)C(=O)O)CC1.